The van der Waals surface area contributed by atoms with Gasteiger partial charge in [0, 0.05) is 48.4 Å². The Morgan fingerprint density at radius 2 is 1.79 bits per heavy atom. The molecular formula is C33H32Cl2F3N7O2. The van der Waals surface area contributed by atoms with Crippen LogP contribution in [0.2, 0.25) is 10.0 Å². The maximum atomic E-state index is 15.5. The van der Waals surface area contributed by atoms with Crippen LogP contribution in [0, 0.1) is 40.6 Å². The predicted octanol–water partition coefficient (Wildman–Crippen LogP) is 6.65. The number of nitrogen functional groups attached to an aromatic ring is 1. The van der Waals surface area contributed by atoms with Crippen molar-refractivity contribution in [2.24, 2.45) is 16.8 Å². The summed E-state index contributed by atoms with van der Waals surface area (Å²) >= 11 is 12.5. The maximum Gasteiger partial charge on any atom is 0.272 e. The van der Waals surface area contributed by atoms with Gasteiger partial charge in [-0.15, -0.1) is 0 Å². The molecule has 0 spiro atoms. The number of benzene rings is 1. The highest BCUT2D eigenvalue weighted by Crippen LogP contribution is 2.43. The van der Waals surface area contributed by atoms with Crippen molar-refractivity contribution >= 4 is 57.2 Å². The number of pyridine rings is 2. The minimum atomic E-state index is -1.67. The molecule has 9 nitrogen and oxygen atoms in total. The monoisotopic (exact) mass is 685 g/mol. The van der Waals surface area contributed by atoms with Gasteiger partial charge in [-0.3, -0.25) is 19.1 Å². The molecule has 0 radical (unpaired) electrons. The summed E-state index contributed by atoms with van der Waals surface area (Å²) in [6.45, 7) is 13.4. The first-order chi connectivity index (χ1) is 22.2. The molecule has 1 fully saturated rings. The number of piperazine rings is 1. The van der Waals surface area contributed by atoms with E-state index < -0.39 is 45.3 Å². The lowest BCUT2D eigenvalue weighted by Crippen LogP contribution is -2.58. The van der Waals surface area contributed by atoms with Crippen molar-refractivity contribution in [2.45, 2.75) is 52.7 Å². The van der Waals surface area contributed by atoms with Gasteiger partial charge in [-0.25, -0.2) is 18.2 Å². The summed E-state index contributed by atoms with van der Waals surface area (Å²) in [7, 11) is 0. The van der Waals surface area contributed by atoms with Crippen molar-refractivity contribution in [3.8, 4) is 17.3 Å². The zero-order valence-electron chi connectivity index (χ0n) is 26.3. The summed E-state index contributed by atoms with van der Waals surface area (Å²) in [6.07, 6.45) is 4.68. The number of rotatable bonds is 5. The molecule has 1 amide bonds. The first-order valence-corrected chi connectivity index (χ1v) is 15.7. The van der Waals surface area contributed by atoms with Crippen LogP contribution in [0.3, 0.4) is 0 Å². The Labute approximate surface area is 279 Å². The Hall–Kier alpha value is -4.34. The van der Waals surface area contributed by atoms with Gasteiger partial charge in [-0.05, 0) is 31.9 Å². The molecule has 2 aromatic heterocycles. The molecule has 0 saturated carbocycles. The number of anilines is 2. The Morgan fingerprint density at radius 1 is 1.15 bits per heavy atom. The second-order valence-corrected chi connectivity index (χ2v) is 12.9. The smallest absolute Gasteiger partial charge is 0.272 e. The number of nitrogens with zero attached hydrogens (tertiary/aromatic N) is 6. The third kappa shape index (κ3) is 5.45. The van der Waals surface area contributed by atoms with Crippen LogP contribution in [-0.4, -0.2) is 51.2 Å². The van der Waals surface area contributed by atoms with E-state index in [0.29, 0.717) is 5.71 Å². The zero-order chi connectivity index (χ0) is 34.6. The number of nitrogens with two attached hydrogens (primary N) is 1. The van der Waals surface area contributed by atoms with Gasteiger partial charge in [-0.1, -0.05) is 56.6 Å². The number of fused-ring (bicyclic) bond motifs is 1. The van der Waals surface area contributed by atoms with E-state index in [0.717, 1.165) is 0 Å². The SMILES string of the molecule is C=CC(=O)N1[C@H](C)CN(c2c(C#N)c(=O)n(C3C(C(C)C)=NC=C[C@H]3C)c3nc(-c4c(N)c(F)c(F)c(Cl)c4F)c(Cl)cc23)C[C@@H]1C. The van der Waals surface area contributed by atoms with Crippen molar-refractivity contribution in [1.82, 2.24) is 14.5 Å². The molecule has 2 aliphatic rings. The van der Waals surface area contributed by atoms with Gasteiger partial charge in [0.05, 0.1) is 33.7 Å². The summed E-state index contributed by atoms with van der Waals surface area (Å²) in [4.78, 5) is 39.9. The topological polar surface area (TPSA) is 121 Å². The van der Waals surface area contributed by atoms with Crippen LogP contribution < -0.4 is 16.2 Å². The number of hydrogen-bond acceptors (Lipinski definition) is 7. The number of aromatic nitrogens is 2. The van der Waals surface area contributed by atoms with Crippen LogP contribution >= 0.6 is 23.2 Å². The van der Waals surface area contributed by atoms with Gasteiger partial charge in [0.2, 0.25) is 5.91 Å². The number of hydrogen-bond donors (Lipinski definition) is 1. The highest BCUT2D eigenvalue weighted by molar-refractivity contribution is 6.34. The van der Waals surface area contributed by atoms with Gasteiger partial charge in [0.15, 0.2) is 17.5 Å². The molecule has 4 heterocycles. The van der Waals surface area contributed by atoms with Gasteiger partial charge >= 0.3 is 0 Å². The van der Waals surface area contributed by atoms with Crippen molar-refractivity contribution in [3.05, 3.63) is 74.4 Å². The Kier molecular flexibility index (Phi) is 9.18. The first kappa shape index (κ1) is 34.0. The molecule has 47 heavy (non-hydrogen) atoms. The highest BCUT2D eigenvalue weighted by atomic mass is 35.5. The molecular weight excluding hydrogens is 654 g/mol. The largest absolute Gasteiger partial charge is 0.396 e. The molecule has 1 unspecified atom stereocenters. The zero-order valence-corrected chi connectivity index (χ0v) is 27.8. The summed E-state index contributed by atoms with van der Waals surface area (Å²) in [6, 6.07) is 2.05. The van der Waals surface area contributed by atoms with Gasteiger partial charge in [0.1, 0.15) is 22.3 Å². The second kappa shape index (κ2) is 12.7. The number of carbonyl (C=O) groups excluding carboxylic acids is 1. The van der Waals surface area contributed by atoms with Crippen molar-refractivity contribution in [1.29, 1.82) is 5.26 Å². The number of aliphatic imine (C=N–C) groups is 1. The first-order valence-electron chi connectivity index (χ1n) is 14.9. The number of nitriles is 1. The van der Waals surface area contributed by atoms with Gasteiger partial charge in [-0.2, -0.15) is 5.26 Å². The van der Waals surface area contributed by atoms with Gasteiger partial charge in [0.25, 0.3) is 5.56 Å². The van der Waals surface area contributed by atoms with Crippen molar-refractivity contribution in [3.63, 3.8) is 0 Å². The van der Waals surface area contributed by atoms with Crippen LogP contribution in [0.1, 0.15) is 46.2 Å². The lowest BCUT2D eigenvalue weighted by molar-refractivity contribution is -0.130. The number of carbonyl (C=O) groups is 1. The van der Waals surface area contributed by atoms with E-state index in [4.69, 9.17) is 28.9 Å². The lowest BCUT2D eigenvalue weighted by Gasteiger charge is -2.45. The molecule has 246 valence electrons. The molecule has 14 heteroatoms. The molecule has 1 aromatic carbocycles. The van der Waals surface area contributed by atoms with E-state index in [1.807, 2.05) is 39.5 Å². The Morgan fingerprint density at radius 3 is 2.36 bits per heavy atom. The fourth-order valence-electron chi connectivity index (χ4n) is 6.65. The van der Waals surface area contributed by atoms with Crippen molar-refractivity contribution < 1.29 is 18.0 Å². The van der Waals surface area contributed by atoms with Crippen LogP contribution in [0.25, 0.3) is 22.3 Å². The highest BCUT2D eigenvalue weighted by Gasteiger charge is 2.38. The van der Waals surface area contributed by atoms with Crippen LogP contribution in [-0.2, 0) is 4.79 Å². The summed E-state index contributed by atoms with van der Waals surface area (Å²) in [5, 5.41) is 9.39. The molecule has 2 N–H and O–H groups in total. The fourth-order valence-corrected chi connectivity index (χ4v) is 7.07. The maximum absolute atomic E-state index is 15.5. The number of allylic oxidation sites excluding steroid dienone is 1. The third-order valence-electron chi connectivity index (χ3n) is 8.71. The van der Waals surface area contributed by atoms with E-state index in [2.05, 4.69) is 22.6 Å². The van der Waals surface area contributed by atoms with Gasteiger partial charge < -0.3 is 15.5 Å². The summed E-state index contributed by atoms with van der Waals surface area (Å²) in [5.41, 5.74) is 3.81. The number of amides is 1. The van der Waals surface area contributed by atoms with E-state index in [9.17, 15) is 23.6 Å². The van der Waals surface area contributed by atoms with E-state index in [1.54, 1.807) is 17.2 Å². The van der Waals surface area contributed by atoms with E-state index >= 15 is 4.39 Å². The molecule has 1 saturated heterocycles. The molecule has 2 aliphatic heterocycles. The minimum Gasteiger partial charge on any atom is -0.396 e. The summed E-state index contributed by atoms with van der Waals surface area (Å²) in [5.74, 6) is -5.35. The molecule has 4 atom stereocenters. The normalized spacial score (nSPS) is 21.3. The standard InChI is InChI=1S/C33H32Cl2F3N7O2/c1-7-21(46)44-16(5)12-43(13-17(44)6)31-18-10-20(34)29(22-24(36)23(35)25(37)26(38)27(22)40)42-32(18)45(33(47)19(31)11-39)30-15(4)8-9-41-28(30)14(2)3/h7-10,14-17,30H,1,12-13,40H2,2-6H3/t15-,16-,17+,30?/m1/s1. The van der Waals surface area contributed by atoms with Crippen LogP contribution in [0.5, 0.6) is 0 Å². The van der Waals surface area contributed by atoms with E-state index in [1.165, 1.54) is 16.7 Å². The average molecular weight is 687 g/mol. The molecule has 3 aromatic rings. The minimum absolute atomic E-state index is 0.0199. The predicted molar refractivity (Wildman–Crippen MR) is 178 cm³/mol. The lowest BCUT2D eigenvalue weighted by atomic mass is 9.88. The van der Waals surface area contributed by atoms with Crippen LogP contribution in [0.4, 0.5) is 24.5 Å². The van der Waals surface area contributed by atoms with Crippen molar-refractivity contribution in [2.75, 3.05) is 23.7 Å². The third-order valence-corrected chi connectivity index (χ3v) is 9.33. The average Bonchev–Trinajstić information content (AvgIpc) is 3.02. The Bertz CT molecular complexity index is 1960. The summed E-state index contributed by atoms with van der Waals surface area (Å²) < 4.78 is 46.0. The quantitative estimate of drug-likeness (QED) is 0.139. The number of halogens is 5. The molecule has 5 rings (SSSR count). The molecule has 0 bridgehead atoms. The molecule has 0 aliphatic carbocycles. The Balaban J connectivity index is 1.91. The van der Waals surface area contributed by atoms with E-state index in [-0.39, 0.29) is 75.9 Å². The fraction of sp³-hybridized carbons (Fsp3) is 0.364. The van der Waals surface area contributed by atoms with Crippen LogP contribution in [0.15, 0.2) is 40.8 Å². The second-order valence-electron chi connectivity index (χ2n) is 12.2.